The van der Waals surface area contributed by atoms with Crippen LogP contribution in [0.1, 0.15) is 32.6 Å². The molecule has 1 aliphatic rings. The van der Waals surface area contributed by atoms with E-state index in [1.807, 2.05) is 6.92 Å². The molecule has 0 radical (unpaired) electrons. The number of rotatable bonds is 4. The number of hydrogen-bond acceptors (Lipinski definition) is 4. The second-order valence-electron chi connectivity index (χ2n) is 6.17. The molecule has 1 atom stereocenters. The number of nitrogens with one attached hydrogen (secondary N) is 1. The molecule has 1 fully saturated rings. The Balaban J connectivity index is 1.68. The molecule has 3 rings (SSSR count). The normalized spacial score (nSPS) is 17.7. The zero-order valence-corrected chi connectivity index (χ0v) is 16.3. The van der Waals surface area contributed by atoms with Crippen molar-refractivity contribution in [2.24, 2.45) is 5.92 Å². The molecule has 2 aromatic rings. The van der Waals surface area contributed by atoms with Crippen LogP contribution in [0.15, 0.2) is 16.6 Å². The summed E-state index contributed by atoms with van der Waals surface area (Å²) in [6.45, 7) is 3.15. The van der Waals surface area contributed by atoms with Crippen LogP contribution < -0.4 is 5.32 Å². The van der Waals surface area contributed by atoms with Crippen LogP contribution in [-0.4, -0.2) is 34.8 Å². The molecule has 1 saturated heterocycles. The van der Waals surface area contributed by atoms with Crippen LogP contribution in [0.25, 0.3) is 10.2 Å². The lowest BCUT2D eigenvalue weighted by Crippen LogP contribution is -2.43. The van der Waals surface area contributed by atoms with Crippen LogP contribution in [-0.2, 0) is 9.59 Å². The number of hydrogen-bond donors (Lipinski definition) is 1. The molecule has 1 aromatic carbocycles. The minimum atomic E-state index is -0.381. The first kappa shape index (κ1) is 18.3. The third kappa shape index (κ3) is 4.17. The fourth-order valence-electron chi connectivity index (χ4n) is 2.97. The third-order valence-corrected chi connectivity index (χ3v) is 5.81. The molecule has 1 aliphatic heterocycles. The van der Waals surface area contributed by atoms with Crippen molar-refractivity contribution in [3.8, 4) is 0 Å². The Morgan fingerprint density at radius 2 is 2.28 bits per heavy atom. The first-order valence-electron chi connectivity index (χ1n) is 8.32. The van der Waals surface area contributed by atoms with Gasteiger partial charge in [-0.05, 0) is 41.3 Å². The van der Waals surface area contributed by atoms with Crippen LogP contribution in [0, 0.1) is 11.7 Å². The van der Waals surface area contributed by atoms with E-state index in [4.69, 9.17) is 0 Å². The number of nitrogens with zero attached hydrogens (tertiary/aromatic N) is 2. The molecule has 0 spiro atoms. The largest absolute Gasteiger partial charge is 0.342 e. The number of benzene rings is 1. The summed E-state index contributed by atoms with van der Waals surface area (Å²) in [6, 6.07) is 3.00. The molecule has 134 valence electrons. The molecule has 8 heteroatoms. The average molecular weight is 428 g/mol. The van der Waals surface area contributed by atoms with E-state index in [9.17, 15) is 14.0 Å². The zero-order valence-electron chi connectivity index (χ0n) is 13.8. The Morgan fingerprint density at radius 1 is 1.48 bits per heavy atom. The third-order valence-electron chi connectivity index (χ3n) is 4.27. The standard InChI is InChI=1S/C17H19BrFN3O2S/c1-2-4-15(23)22-6-3-5-10(9-22)16(24)21-17-20-13-8-12(19)11(18)7-14(13)25-17/h7-8,10H,2-6,9H2,1H3,(H,20,21,24)/t10-/m1/s1. The van der Waals surface area contributed by atoms with Gasteiger partial charge in [-0.3, -0.25) is 9.59 Å². The SMILES string of the molecule is CCCC(=O)N1CCC[C@@H](C(=O)Nc2nc3cc(F)c(Br)cc3s2)C1. The number of carbonyl (C=O) groups excluding carboxylic acids is 2. The van der Waals surface area contributed by atoms with Gasteiger partial charge in [0.1, 0.15) is 5.82 Å². The fraction of sp³-hybridized carbons (Fsp3) is 0.471. The van der Waals surface area contributed by atoms with Crippen molar-refractivity contribution in [2.45, 2.75) is 32.6 Å². The number of carbonyl (C=O) groups is 2. The van der Waals surface area contributed by atoms with Crippen LogP contribution >= 0.6 is 27.3 Å². The molecular formula is C17H19BrFN3O2S. The molecule has 2 amide bonds. The van der Waals surface area contributed by atoms with Crippen molar-refractivity contribution >= 4 is 54.4 Å². The van der Waals surface area contributed by atoms with Crippen LogP contribution in [0.3, 0.4) is 0 Å². The molecule has 0 saturated carbocycles. The highest BCUT2D eigenvalue weighted by Gasteiger charge is 2.28. The van der Waals surface area contributed by atoms with Gasteiger partial charge in [-0.25, -0.2) is 9.37 Å². The zero-order chi connectivity index (χ0) is 18.0. The lowest BCUT2D eigenvalue weighted by atomic mass is 9.97. The number of aromatic nitrogens is 1. The van der Waals surface area contributed by atoms with Crippen LogP contribution in [0.5, 0.6) is 0 Å². The Kier molecular flexibility index (Phi) is 5.68. The van der Waals surface area contributed by atoms with E-state index in [1.165, 1.54) is 17.4 Å². The van der Waals surface area contributed by atoms with E-state index in [1.54, 1.807) is 11.0 Å². The van der Waals surface area contributed by atoms with E-state index < -0.39 is 0 Å². The molecule has 25 heavy (non-hydrogen) atoms. The summed E-state index contributed by atoms with van der Waals surface area (Å²) in [4.78, 5) is 30.6. The van der Waals surface area contributed by atoms with E-state index in [0.29, 0.717) is 28.1 Å². The van der Waals surface area contributed by atoms with E-state index in [2.05, 4.69) is 26.2 Å². The summed E-state index contributed by atoms with van der Waals surface area (Å²) < 4.78 is 14.8. The highest BCUT2D eigenvalue weighted by molar-refractivity contribution is 9.10. The molecule has 0 aliphatic carbocycles. The van der Waals surface area contributed by atoms with Gasteiger partial charge < -0.3 is 10.2 Å². The maximum atomic E-state index is 13.6. The summed E-state index contributed by atoms with van der Waals surface area (Å²) in [5, 5.41) is 3.28. The summed E-state index contributed by atoms with van der Waals surface area (Å²) in [7, 11) is 0. The highest BCUT2D eigenvalue weighted by atomic mass is 79.9. The van der Waals surface area contributed by atoms with Gasteiger partial charge in [0, 0.05) is 25.6 Å². The first-order valence-corrected chi connectivity index (χ1v) is 9.93. The van der Waals surface area contributed by atoms with Gasteiger partial charge in [-0.2, -0.15) is 0 Å². The minimum Gasteiger partial charge on any atom is -0.342 e. The lowest BCUT2D eigenvalue weighted by Gasteiger charge is -2.31. The minimum absolute atomic E-state index is 0.111. The maximum absolute atomic E-state index is 13.6. The van der Waals surface area contributed by atoms with Crippen LogP contribution in [0.4, 0.5) is 9.52 Å². The molecule has 0 bridgehead atoms. The predicted octanol–water partition coefficient (Wildman–Crippen LogP) is 4.18. The Hall–Kier alpha value is -1.54. The molecule has 2 heterocycles. The van der Waals surface area contributed by atoms with Crippen molar-refractivity contribution in [2.75, 3.05) is 18.4 Å². The molecule has 5 nitrogen and oxygen atoms in total. The van der Waals surface area contributed by atoms with Crippen molar-refractivity contribution < 1.29 is 14.0 Å². The monoisotopic (exact) mass is 427 g/mol. The van der Waals surface area contributed by atoms with Crippen molar-refractivity contribution in [1.82, 2.24) is 9.88 Å². The van der Waals surface area contributed by atoms with Crippen molar-refractivity contribution in [3.05, 3.63) is 22.4 Å². The number of halogens is 2. The first-order chi connectivity index (χ1) is 12.0. The average Bonchev–Trinajstić information content (AvgIpc) is 2.96. The lowest BCUT2D eigenvalue weighted by molar-refractivity contribution is -0.134. The topological polar surface area (TPSA) is 62.3 Å². The van der Waals surface area contributed by atoms with E-state index in [0.717, 1.165) is 30.5 Å². The second-order valence-corrected chi connectivity index (χ2v) is 8.06. The van der Waals surface area contributed by atoms with Crippen LogP contribution in [0.2, 0.25) is 0 Å². The van der Waals surface area contributed by atoms with Gasteiger partial charge in [-0.15, -0.1) is 0 Å². The Bertz CT molecular complexity index is 772. The molecule has 1 aromatic heterocycles. The summed E-state index contributed by atoms with van der Waals surface area (Å²) in [6.07, 6.45) is 2.91. The maximum Gasteiger partial charge on any atom is 0.231 e. The molecule has 0 unspecified atom stereocenters. The summed E-state index contributed by atoms with van der Waals surface area (Å²) in [5.74, 6) is -0.633. The number of amides is 2. The molecular weight excluding hydrogens is 409 g/mol. The molecule has 1 N–H and O–H groups in total. The number of fused-ring (bicyclic) bond motifs is 1. The fourth-order valence-corrected chi connectivity index (χ4v) is 4.36. The summed E-state index contributed by atoms with van der Waals surface area (Å²) in [5.41, 5.74) is 0.518. The number of piperidine rings is 1. The quantitative estimate of drug-likeness (QED) is 0.795. The Morgan fingerprint density at radius 3 is 3.04 bits per heavy atom. The summed E-state index contributed by atoms with van der Waals surface area (Å²) >= 11 is 4.46. The van der Waals surface area contributed by atoms with Gasteiger partial charge in [-0.1, -0.05) is 18.3 Å². The second kappa shape index (κ2) is 7.78. The van der Waals surface area contributed by atoms with Crippen molar-refractivity contribution in [3.63, 3.8) is 0 Å². The Labute approximate surface area is 157 Å². The number of thiazole rings is 1. The van der Waals surface area contributed by atoms with Gasteiger partial charge in [0.15, 0.2) is 5.13 Å². The highest BCUT2D eigenvalue weighted by Crippen LogP contribution is 2.31. The van der Waals surface area contributed by atoms with E-state index in [-0.39, 0.29) is 23.5 Å². The predicted molar refractivity (Wildman–Crippen MR) is 100 cm³/mol. The number of anilines is 1. The number of likely N-dealkylation sites (tertiary alicyclic amines) is 1. The van der Waals surface area contributed by atoms with Gasteiger partial charge in [0.2, 0.25) is 11.8 Å². The van der Waals surface area contributed by atoms with Gasteiger partial charge in [0.25, 0.3) is 0 Å². The van der Waals surface area contributed by atoms with E-state index >= 15 is 0 Å². The van der Waals surface area contributed by atoms with Gasteiger partial charge in [0.05, 0.1) is 20.6 Å². The van der Waals surface area contributed by atoms with Crippen molar-refractivity contribution in [1.29, 1.82) is 0 Å². The smallest absolute Gasteiger partial charge is 0.231 e. The van der Waals surface area contributed by atoms with Gasteiger partial charge >= 0.3 is 0 Å².